The van der Waals surface area contributed by atoms with Crippen LogP contribution >= 0.6 is 0 Å². The number of benzene rings is 1. The topological polar surface area (TPSA) is 42.0 Å². The van der Waals surface area contributed by atoms with E-state index in [9.17, 15) is 5.11 Å². The van der Waals surface area contributed by atoms with Crippen molar-refractivity contribution < 1.29 is 14.6 Å². The molecule has 3 nitrogen and oxygen atoms in total. The molecule has 1 saturated heterocycles. The highest BCUT2D eigenvalue weighted by Crippen LogP contribution is 2.22. The van der Waals surface area contributed by atoms with Crippen molar-refractivity contribution in [1.29, 1.82) is 0 Å². The van der Waals surface area contributed by atoms with E-state index in [0.717, 1.165) is 17.9 Å². The van der Waals surface area contributed by atoms with Gasteiger partial charge in [0.05, 0.1) is 6.61 Å². The highest BCUT2D eigenvalue weighted by Gasteiger charge is 2.22. The summed E-state index contributed by atoms with van der Waals surface area (Å²) in [6, 6.07) is 5.21. The SMILES string of the molecule is Cc1cc(OCC2CO2)ccc1O. The van der Waals surface area contributed by atoms with Gasteiger partial charge in [-0.15, -0.1) is 0 Å². The average Bonchev–Trinajstić information content (AvgIpc) is 2.91. The molecular formula is C10H12O3. The highest BCUT2D eigenvalue weighted by molar-refractivity contribution is 5.38. The third-order valence-corrected chi connectivity index (χ3v) is 2.01. The van der Waals surface area contributed by atoms with Crippen molar-refractivity contribution in [2.24, 2.45) is 0 Å². The Morgan fingerprint density at radius 1 is 1.62 bits per heavy atom. The van der Waals surface area contributed by atoms with Crippen molar-refractivity contribution in [3.05, 3.63) is 23.8 Å². The minimum atomic E-state index is 0.272. The second-order valence-corrected chi connectivity index (χ2v) is 3.21. The van der Waals surface area contributed by atoms with Crippen molar-refractivity contribution in [1.82, 2.24) is 0 Å². The summed E-state index contributed by atoms with van der Waals surface area (Å²) < 4.78 is 10.4. The monoisotopic (exact) mass is 180 g/mol. The first-order valence-corrected chi connectivity index (χ1v) is 4.30. The maximum atomic E-state index is 9.25. The van der Waals surface area contributed by atoms with E-state index < -0.39 is 0 Å². The summed E-state index contributed by atoms with van der Waals surface area (Å²) in [6.07, 6.45) is 0.272. The van der Waals surface area contributed by atoms with E-state index in [2.05, 4.69) is 0 Å². The number of phenols is 1. The molecule has 1 aliphatic rings. The van der Waals surface area contributed by atoms with Crippen LogP contribution in [0.3, 0.4) is 0 Å². The molecule has 1 atom stereocenters. The fourth-order valence-corrected chi connectivity index (χ4v) is 1.07. The second kappa shape index (κ2) is 3.26. The van der Waals surface area contributed by atoms with Crippen molar-refractivity contribution in [3.8, 4) is 11.5 Å². The number of hydrogen-bond donors (Lipinski definition) is 1. The lowest BCUT2D eigenvalue weighted by molar-refractivity contribution is 0.262. The molecular weight excluding hydrogens is 168 g/mol. The van der Waals surface area contributed by atoms with Gasteiger partial charge < -0.3 is 14.6 Å². The number of phenolic OH excluding ortho intramolecular Hbond substituents is 1. The smallest absolute Gasteiger partial charge is 0.119 e. The van der Waals surface area contributed by atoms with Crippen molar-refractivity contribution in [2.45, 2.75) is 13.0 Å². The third-order valence-electron chi connectivity index (χ3n) is 2.01. The Balaban J connectivity index is 1.98. The van der Waals surface area contributed by atoms with E-state index in [4.69, 9.17) is 9.47 Å². The molecule has 0 spiro atoms. The summed E-state index contributed by atoms with van der Waals surface area (Å²) in [5, 5.41) is 9.25. The summed E-state index contributed by atoms with van der Waals surface area (Å²) in [6.45, 7) is 3.25. The zero-order chi connectivity index (χ0) is 9.26. The van der Waals surface area contributed by atoms with E-state index in [1.54, 1.807) is 12.1 Å². The minimum Gasteiger partial charge on any atom is -0.508 e. The molecule has 1 aliphatic heterocycles. The van der Waals surface area contributed by atoms with E-state index in [1.165, 1.54) is 0 Å². The Labute approximate surface area is 76.9 Å². The van der Waals surface area contributed by atoms with Gasteiger partial charge in [0.1, 0.15) is 24.2 Å². The Morgan fingerprint density at radius 3 is 3.00 bits per heavy atom. The van der Waals surface area contributed by atoms with E-state index in [1.807, 2.05) is 13.0 Å². The van der Waals surface area contributed by atoms with Crippen LogP contribution in [-0.2, 0) is 4.74 Å². The molecule has 0 saturated carbocycles. The molecule has 0 amide bonds. The number of rotatable bonds is 3. The van der Waals surface area contributed by atoms with Crippen LogP contribution in [0, 0.1) is 6.92 Å². The van der Waals surface area contributed by atoms with Gasteiger partial charge >= 0.3 is 0 Å². The molecule has 1 aromatic carbocycles. The highest BCUT2D eigenvalue weighted by atomic mass is 16.6. The summed E-state index contributed by atoms with van der Waals surface area (Å²) in [7, 11) is 0. The number of aromatic hydroxyl groups is 1. The predicted octanol–water partition coefficient (Wildman–Crippen LogP) is 1.48. The van der Waals surface area contributed by atoms with Crippen LogP contribution in [0.1, 0.15) is 5.56 Å². The molecule has 1 N–H and O–H groups in total. The molecule has 1 aromatic rings. The van der Waals surface area contributed by atoms with Crippen LogP contribution < -0.4 is 4.74 Å². The fourth-order valence-electron chi connectivity index (χ4n) is 1.07. The predicted molar refractivity (Wildman–Crippen MR) is 48.1 cm³/mol. The molecule has 0 aromatic heterocycles. The van der Waals surface area contributed by atoms with Gasteiger partial charge in [0, 0.05) is 0 Å². The summed E-state index contributed by atoms with van der Waals surface area (Å²) in [5.74, 6) is 1.08. The van der Waals surface area contributed by atoms with Crippen LogP contribution in [0.5, 0.6) is 11.5 Å². The Morgan fingerprint density at radius 2 is 2.38 bits per heavy atom. The van der Waals surface area contributed by atoms with Gasteiger partial charge in [0.25, 0.3) is 0 Å². The molecule has 0 bridgehead atoms. The van der Waals surface area contributed by atoms with Crippen molar-refractivity contribution in [3.63, 3.8) is 0 Å². The molecule has 0 radical (unpaired) electrons. The van der Waals surface area contributed by atoms with E-state index >= 15 is 0 Å². The molecule has 1 unspecified atom stereocenters. The summed E-state index contributed by atoms with van der Waals surface area (Å²) in [4.78, 5) is 0. The second-order valence-electron chi connectivity index (χ2n) is 3.21. The van der Waals surface area contributed by atoms with Gasteiger partial charge in [-0.2, -0.15) is 0 Å². The largest absolute Gasteiger partial charge is 0.508 e. The van der Waals surface area contributed by atoms with Crippen LogP contribution in [0.4, 0.5) is 0 Å². The van der Waals surface area contributed by atoms with Gasteiger partial charge in [-0.1, -0.05) is 0 Å². The quantitative estimate of drug-likeness (QED) is 0.716. The normalized spacial score (nSPS) is 19.9. The van der Waals surface area contributed by atoms with Crippen molar-refractivity contribution in [2.75, 3.05) is 13.2 Å². The van der Waals surface area contributed by atoms with Crippen LogP contribution in [0.2, 0.25) is 0 Å². The van der Waals surface area contributed by atoms with Gasteiger partial charge in [0.2, 0.25) is 0 Å². The van der Waals surface area contributed by atoms with E-state index in [-0.39, 0.29) is 6.10 Å². The van der Waals surface area contributed by atoms with Gasteiger partial charge in [-0.25, -0.2) is 0 Å². The Kier molecular flexibility index (Phi) is 2.10. The van der Waals surface area contributed by atoms with Gasteiger partial charge in [-0.3, -0.25) is 0 Å². The standard InChI is InChI=1S/C10H12O3/c1-7-4-8(2-3-10(7)11)12-5-9-6-13-9/h2-4,9,11H,5-6H2,1H3. The number of hydrogen-bond acceptors (Lipinski definition) is 3. The maximum absolute atomic E-state index is 9.25. The summed E-state index contributed by atoms with van der Waals surface area (Å²) in [5.41, 5.74) is 0.828. The summed E-state index contributed by atoms with van der Waals surface area (Å²) >= 11 is 0. The Bertz CT molecular complexity index is 305. The van der Waals surface area contributed by atoms with Crippen LogP contribution in [0.15, 0.2) is 18.2 Å². The van der Waals surface area contributed by atoms with Crippen LogP contribution in [0.25, 0.3) is 0 Å². The van der Waals surface area contributed by atoms with E-state index in [0.29, 0.717) is 12.4 Å². The number of ether oxygens (including phenoxy) is 2. The lowest BCUT2D eigenvalue weighted by atomic mass is 10.2. The first-order valence-electron chi connectivity index (χ1n) is 4.30. The first-order chi connectivity index (χ1) is 6.25. The van der Waals surface area contributed by atoms with Gasteiger partial charge in [-0.05, 0) is 30.7 Å². The molecule has 0 aliphatic carbocycles. The molecule has 2 rings (SSSR count). The average molecular weight is 180 g/mol. The van der Waals surface area contributed by atoms with Crippen LogP contribution in [-0.4, -0.2) is 24.4 Å². The molecule has 1 fully saturated rings. The van der Waals surface area contributed by atoms with Gasteiger partial charge in [0.15, 0.2) is 0 Å². The first kappa shape index (κ1) is 8.38. The third kappa shape index (κ3) is 2.12. The molecule has 1 heterocycles. The number of aryl methyl sites for hydroxylation is 1. The lowest BCUT2D eigenvalue weighted by Gasteiger charge is -2.05. The Hall–Kier alpha value is -1.22. The number of epoxide rings is 1. The van der Waals surface area contributed by atoms with Crippen molar-refractivity contribution >= 4 is 0 Å². The molecule has 13 heavy (non-hydrogen) atoms. The zero-order valence-corrected chi connectivity index (χ0v) is 7.49. The molecule has 70 valence electrons. The lowest BCUT2D eigenvalue weighted by Crippen LogP contribution is -2.03. The molecule has 3 heteroatoms. The zero-order valence-electron chi connectivity index (χ0n) is 7.49. The maximum Gasteiger partial charge on any atom is 0.119 e. The minimum absolute atomic E-state index is 0.272. The fraction of sp³-hybridized carbons (Fsp3) is 0.400.